The van der Waals surface area contributed by atoms with Crippen molar-refractivity contribution in [1.82, 2.24) is 19.9 Å². The van der Waals surface area contributed by atoms with Gasteiger partial charge < -0.3 is 0 Å². The van der Waals surface area contributed by atoms with E-state index in [1.807, 2.05) is 60.7 Å². The fourth-order valence-corrected chi connectivity index (χ4v) is 7.34. The fraction of sp³-hybridized carbons (Fsp3) is 0. The number of hydrogen-bond acceptors (Lipinski definition) is 6. The van der Waals surface area contributed by atoms with Crippen LogP contribution in [0.2, 0.25) is 0 Å². The fourth-order valence-electron chi connectivity index (χ4n) is 7.34. The van der Waals surface area contributed by atoms with E-state index < -0.39 is 0 Å². The monoisotopic (exact) mass is 606 g/mol. The summed E-state index contributed by atoms with van der Waals surface area (Å²) in [5.74, 6) is 0. The minimum atomic E-state index is 0.450. The first kappa shape index (κ1) is 25.8. The molecule has 0 aliphatic heterocycles. The second-order valence-corrected chi connectivity index (χ2v) is 11.8. The summed E-state index contributed by atoms with van der Waals surface area (Å²) in [6.45, 7) is 15.4. The Morgan fingerprint density at radius 3 is 1.25 bits per heavy atom. The molecule has 0 amide bonds. The van der Waals surface area contributed by atoms with Gasteiger partial charge >= 0.3 is 0 Å². The van der Waals surface area contributed by atoms with Crippen LogP contribution >= 0.6 is 0 Å². The van der Waals surface area contributed by atoms with Crippen LogP contribution < -0.4 is 0 Å². The lowest BCUT2D eigenvalue weighted by molar-refractivity contribution is 1.31. The predicted octanol–water partition coefficient (Wildman–Crippen LogP) is 9.69. The summed E-state index contributed by atoms with van der Waals surface area (Å²) < 4.78 is 0. The van der Waals surface area contributed by atoms with Crippen molar-refractivity contribution in [3.05, 3.63) is 119 Å². The van der Waals surface area contributed by atoms with Crippen molar-refractivity contribution in [2.24, 2.45) is 0 Å². The molecule has 0 N–H and O–H groups in total. The average Bonchev–Trinajstić information content (AvgIpc) is 3.62. The predicted molar refractivity (Wildman–Crippen MR) is 184 cm³/mol. The highest BCUT2D eigenvalue weighted by molar-refractivity contribution is 6.21. The van der Waals surface area contributed by atoms with E-state index in [4.69, 9.17) is 33.1 Å². The van der Waals surface area contributed by atoms with Crippen molar-refractivity contribution < 1.29 is 0 Å². The zero-order valence-corrected chi connectivity index (χ0v) is 24.7. The van der Waals surface area contributed by atoms with Crippen LogP contribution in [0.1, 0.15) is 11.1 Å². The van der Waals surface area contributed by atoms with Crippen LogP contribution in [0, 0.1) is 35.8 Å². The van der Waals surface area contributed by atoms with Crippen LogP contribution in [-0.2, 0) is 0 Å². The molecule has 0 unspecified atom stereocenters. The summed E-state index contributed by atoms with van der Waals surface area (Å²) in [4.78, 5) is 27.6. The van der Waals surface area contributed by atoms with Gasteiger partial charge in [0, 0.05) is 33.0 Å². The summed E-state index contributed by atoms with van der Waals surface area (Å²) >= 11 is 0. The number of aromatic nitrogens is 4. The normalized spacial score (nSPS) is 11.7. The number of fused-ring (bicyclic) bond motifs is 8. The van der Waals surface area contributed by atoms with Crippen LogP contribution in [-0.4, -0.2) is 19.9 Å². The van der Waals surface area contributed by atoms with Gasteiger partial charge in [0.1, 0.15) is 0 Å². The molecule has 214 valence electrons. The van der Waals surface area contributed by atoms with E-state index in [9.17, 15) is 10.5 Å². The maximum Gasteiger partial charge on any atom is 0.184 e. The molecule has 8 nitrogen and oxygen atoms in total. The van der Waals surface area contributed by atoms with Crippen molar-refractivity contribution >= 4 is 55.0 Å². The van der Waals surface area contributed by atoms with Gasteiger partial charge in [0.05, 0.1) is 81.3 Å². The van der Waals surface area contributed by atoms with E-state index in [-0.39, 0.29) is 0 Å². The van der Waals surface area contributed by atoms with Crippen LogP contribution in [0.15, 0.2) is 84.9 Å². The molecule has 0 radical (unpaired) electrons. The minimum absolute atomic E-state index is 0.450. The standard InChI is InChI=1S/C40H14N8/c1-43-29-13-9-25-35-26(10-14-30(44-2)36(29)35)40-38(25)46-28-12-6-20(16-32(28)48-40)19-5-11-27-31(15-19)47-39-24-8-4-22(18-42)33-21(17-41)3-7-23(34(24)33)37(39)45-27/h3-16H. The highest BCUT2D eigenvalue weighted by atomic mass is 14.9. The second kappa shape index (κ2) is 9.03. The van der Waals surface area contributed by atoms with Gasteiger partial charge in [-0.1, -0.05) is 48.5 Å². The maximum atomic E-state index is 9.78. The van der Waals surface area contributed by atoms with E-state index >= 15 is 0 Å². The largest absolute Gasteiger partial charge is 0.244 e. The molecular weight excluding hydrogens is 592 g/mol. The van der Waals surface area contributed by atoms with Gasteiger partial charge in [-0.15, -0.1) is 0 Å². The lowest BCUT2D eigenvalue weighted by atomic mass is 9.96. The Morgan fingerprint density at radius 1 is 0.438 bits per heavy atom. The molecule has 6 aromatic carbocycles. The molecule has 8 aromatic rings. The summed E-state index contributed by atoms with van der Waals surface area (Å²) in [6.07, 6.45) is 0. The molecule has 2 heterocycles. The first-order valence-electron chi connectivity index (χ1n) is 15.0. The third kappa shape index (κ3) is 3.18. The minimum Gasteiger partial charge on any atom is -0.244 e. The number of nitrogens with zero attached hydrogens (tertiary/aromatic N) is 8. The molecular formula is C40H14N8. The Hall–Kier alpha value is -7.52. The van der Waals surface area contributed by atoms with Crippen molar-refractivity contribution in [3.63, 3.8) is 0 Å². The van der Waals surface area contributed by atoms with E-state index in [0.29, 0.717) is 33.3 Å². The van der Waals surface area contributed by atoms with Gasteiger partial charge in [-0.25, -0.2) is 29.6 Å². The van der Waals surface area contributed by atoms with Gasteiger partial charge in [-0.3, -0.25) is 0 Å². The van der Waals surface area contributed by atoms with Crippen molar-refractivity contribution in [3.8, 4) is 68.3 Å². The highest BCUT2D eigenvalue weighted by Gasteiger charge is 2.29. The quantitative estimate of drug-likeness (QED) is 0.172. The van der Waals surface area contributed by atoms with Crippen LogP contribution in [0.5, 0.6) is 0 Å². The number of nitriles is 2. The molecule has 8 heteroatoms. The van der Waals surface area contributed by atoms with Gasteiger partial charge in [-0.05, 0) is 58.3 Å². The Kier molecular flexibility index (Phi) is 4.85. The SMILES string of the molecule is [C-]#[N+]c1ccc2c3c(ccc([N+]#[C-])c13)-c1nc3cc(-c4ccc5nc6c(nc5c4)-c4ccc(C#N)c5c(C#N)ccc-6c45)ccc3nc1-2. The van der Waals surface area contributed by atoms with E-state index in [2.05, 4.69) is 21.8 Å². The van der Waals surface area contributed by atoms with Crippen molar-refractivity contribution in [1.29, 1.82) is 10.5 Å². The summed E-state index contributed by atoms with van der Waals surface area (Å²) in [5, 5.41) is 22.5. The van der Waals surface area contributed by atoms with Gasteiger partial charge in [0.15, 0.2) is 11.4 Å². The van der Waals surface area contributed by atoms with Crippen molar-refractivity contribution in [2.45, 2.75) is 0 Å². The molecule has 10 rings (SSSR count). The highest BCUT2D eigenvalue weighted by Crippen LogP contribution is 2.51. The summed E-state index contributed by atoms with van der Waals surface area (Å²) in [7, 11) is 0. The van der Waals surface area contributed by atoms with E-state index in [1.165, 1.54) is 0 Å². The number of benzene rings is 6. The van der Waals surface area contributed by atoms with Crippen molar-refractivity contribution in [2.75, 3.05) is 0 Å². The molecule has 0 bridgehead atoms. The molecule has 0 atom stereocenters. The van der Waals surface area contributed by atoms with Crippen LogP contribution in [0.4, 0.5) is 11.4 Å². The second-order valence-electron chi connectivity index (χ2n) is 11.8. The number of rotatable bonds is 1. The molecule has 2 aromatic heterocycles. The zero-order chi connectivity index (χ0) is 32.3. The third-order valence-electron chi connectivity index (χ3n) is 9.44. The average molecular weight is 607 g/mol. The van der Waals surface area contributed by atoms with Gasteiger partial charge in [-0.2, -0.15) is 10.5 Å². The Balaban J connectivity index is 1.12. The lowest BCUT2D eigenvalue weighted by Gasteiger charge is -2.08. The Labute approximate surface area is 272 Å². The molecule has 2 aliphatic rings. The maximum absolute atomic E-state index is 9.78. The van der Waals surface area contributed by atoms with Crippen LogP contribution in [0.25, 0.3) is 109 Å². The molecule has 0 spiro atoms. The first-order valence-corrected chi connectivity index (χ1v) is 15.0. The molecule has 48 heavy (non-hydrogen) atoms. The van der Waals surface area contributed by atoms with E-state index in [0.717, 1.165) is 89.0 Å². The summed E-state index contributed by atoms with van der Waals surface area (Å²) in [5.41, 5.74) is 13.1. The Morgan fingerprint density at radius 2 is 0.833 bits per heavy atom. The molecule has 2 aliphatic carbocycles. The number of hydrogen-bond donors (Lipinski definition) is 0. The third-order valence-corrected chi connectivity index (χ3v) is 9.44. The lowest BCUT2D eigenvalue weighted by Crippen LogP contribution is -1.93. The topological polar surface area (TPSA) is 108 Å². The Bertz CT molecular complexity index is 2810. The van der Waals surface area contributed by atoms with Gasteiger partial charge in [0.2, 0.25) is 0 Å². The zero-order valence-electron chi connectivity index (χ0n) is 24.7. The van der Waals surface area contributed by atoms with E-state index in [1.54, 1.807) is 24.3 Å². The summed E-state index contributed by atoms with van der Waals surface area (Å²) in [6, 6.07) is 31.1. The van der Waals surface area contributed by atoms with Gasteiger partial charge in [0.25, 0.3) is 0 Å². The first-order chi connectivity index (χ1) is 23.6. The molecule has 0 saturated carbocycles. The molecule has 0 saturated heterocycles. The molecule has 0 fully saturated rings. The smallest absolute Gasteiger partial charge is 0.184 e. The van der Waals surface area contributed by atoms with Crippen LogP contribution in [0.3, 0.4) is 0 Å².